The Morgan fingerprint density at radius 1 is 1.22 bits per heavy atom. The second kappa shape index (κ2) is 7.83. The third kappa shape index (κ3) is 4.88. The van der Waals surface area contributed by atoms with Gasteiger partial charge in [0.05, 0.1) is 18.6 Å². The van der Waals surface area contributed by atoms with E-state index in [1.54, 1.807) is 13.2 Å². The molecule has 0 fully saturated rings. The summed E-state index contributed by atoms with van der Waals surface area (Å²) in [5, 5.41) is 14.9. The number of aromatic nitrogens is 3. The van der Waals surface area contributed by atoms with Crippen molar-refractivity contribution in [1.82, 2.24) is 15.4 Å². The summed E-state index contributed by atoms with van der Waals surface area (Å²) in [6.07, 6.45) is 0. The summed E-state index contributed by atoms with van der Waals surface area (Å²) >= 11 is 1.14. The van der Waals surface area contributed by atoms with E-state index in [-0.39, 0.29) is 17.1 Å². The van der Waals surface area contributed by atoms with Crippen LogP contribution in [0.3, 0.4) is 0 Å². The maximum absolute atomic E-state index is 12.1. The smallest absolute Gasteiger partial charge is 0.277 e. The van der Waals surface area contributed by atoms with Crippen molar-refractivity contribution in [1.29, 1.82) is 0 Å². The number of carbonyl (C=O) groups is 1. The second-order valence-corrected chi connectivity index (χ2v) is 7.69. The van der Waals surface area contributed by atoms with Gasteiger partial charge in [0.25, 0.3) is 5.22 Å². The van der Waals surface area contributed by atoms with E-state index >= 15 is 0 Å². The van der Waals surface area contributed by atoms with Crippen LogP contribution >= 0.6 is 11.8 Å². The minimum atomic E-state index is -0.249. The normalized spacial score (nSPS) is 11.4. The van der Waals surface area contributed by atoms with Crippen molar-refractivity contribution in [2.45, 2.75) is 31.4 Å². The van der Waals surface area contributed by atoms with Gasteiger partial charge in [-0.3, -0.25) is 10.1 Å². The molecule has 3 aromatic rings. The summed E-state index contributed by atoms with van der Waals surface area (Å²) < 4.78 is 15.8. The fourth-order valence-corrected chi connectivity index (χ4v) is 2.67. The molecule has 0 atom stereocenters. The average molecular weight is 388 g/mol. The van der Waals surface area contributed by atoms with Gasteiger partial charge in [-0.1, -0.05) is 37.7 Å². The van der Waals surface area contributed by atoms with Gasteiger partial charge in [-0.15, -0.1) is 10.2 Å². The lowest BCUT2D eigenvalue weighted by Gasteiger charge is -2.12. The molecule has 1 amide bonds. The van der Waals surface area contributed by atoms with Crippen molar-refractivity contribution < 1.29 is 18.5 Å². The van der Waals surface area contributed by atoms with Gasteiger partial charge in [0.2, 0.25) is 17.7 Å². The van der Waals surface area contributed by atoms with Crippen molar-refractivity contribution in [3.8, 4) is 17.2 Å². The van der Waals surface area contributed by atoms with Gasteiger partial charge in [-0.05, 0) is 24.3 Å². The molecular formula is C18H20N4O4S. The first-order valence-corrected chi connectivity index (χ1v) is 9.21. The van der Waals surface area contributed by atoms with E-state index in [9.17, 15) is 4.79 Å². The van der Waals surface area contributed by atoms with E-state index in [2.05, 4.69) is 20.7 Å². The molecule has 1 aromatic carbocycles. The lowest BCUT2D eigenvalue weighted by atomic mass is 9.92. The van der Waals surface area contributed by atoms with Crippen LogP contribution in [0.15, 0.2) is 44.5 Å². The van der Waals surface area contributed by atoms with Crippen LogP contribution in [0, 0.1) is 0 Å². The molecule has 142 valence electrons. The Labute approximate surface area is 160 Å². The van der Waals surface area contributed by atoms with Crippen LogP contribution in [0.5, 0.6) is 5.75 Å². The first-order chi connectivity index (χ1) is 12.8. The third-order valence-electron chi connectivity index (χ3n) is 3.61. The van der Waals surface area contributed by atoms with Crippen LogP contribution in [-0.4, -0.2) is 34.1 Å². The van der Waals surface area contributed by atoms with Crippen LogP contribution in [0.25, 0.3) is 11.5 Å². The van der Waals surface area contributed by atoms with E-state index in [1.165, 1.54) is 0 Å². The number of carbonyl (C=O) groups excluding carboxylic acids is 1. The fraction of sp³-hybridized carbons (Fsp3) is 0.333. The van der Waals surface area contributed by atoms with Crippen molar-refractivity contribution in [2.75, 3.05) is 18.2 Å². The number of methoxy groups -OCH3 is 1. The Hall–Kier alpha value is -2.81. The van der Waals surface area contributed by atoms with E-state index < -0.39 is 0 Å². The highest BCUT2D eigenvalue weighted by atomic mass is 32.2. The number of nitrogens with one attached hydrogen (secondary N) is 1. The van der Waals surface area contributed by atoms with Gasteiger partial charge in [-0.2, -0.15) is 0 Å². The highest BCUT2D eigenvalue weighted by Crippen LogP contribution is 2.26. The van der Waals surface area contributed by atoms with Crippen molar-refractivity contribution in [3.63, 3.8) is 0 Å². The van der Waals surface area contributed by atoms with Gasteiger partial charge in [-0.25, -0.2) is 0 Å². The summed E-state index contributed by atoms with van der Waals surface area (Å²) in [4.78, 5) is 12.1. The van der Waals surface area contributed by atoms with Gasteiger partial charge in [0, 0.05) is 17.0 Å². The number of hydrogen-bond donors (Lipinski definition) is 1. The maximum Gasteiger partial charge on any atom is 0.277 e. The zero-order valence-electron chi connectivity index (χ0n) is 15.5. The predicted molar refractivity (Wildman–Crippen MR) is 101 cm³/mol. The Balaban J connectivity index is 1.54. The summed E-state index contributed by atoms with van der Waals surface area (Å²) in [7, 11) is 1.60. The molecule has 27 heavy (non-hydrogen) atoms. The zero-order chi connectivity index (χ0) is 19.4. The number of anilines is 1. The van der Waals surface area contributed by atoms with E-state index in [1.807, 2.05) is 45.0 Å². The van der Waals surface area contributed by atoms with Crippen LogP contribution in [0.2, 0.25) is 0 Å². The molecule has 0 saturated carbocycles. The average Bonchev–Trinajstić information content (AvgIpc) is 3.29. The molecule has 0 aliphatic carbocycles. The number of thioether (sulfide) groups is 1. The Kier molecular flexibility index (Phi) is 5.50. The topological polar surface area (TPSA) is 103 Å². The quantitative estimate of drug-likeness (QED) is 0.637. The lowest BCUT2D eigenvalue weighted by Crippen LogP contribution is -2.14. The SMILES string of the molecule is COc1ccc(-c2nnc(SCC(=O)Nc3cc(C(C)(C)C)no3)o2)cc1. The molecule has 9 heteroatoms. The number of rotatable bonds is 6. The highest BCUT2D eigenvalue weighted by Gasteiger charge is 2.20. The van der Waals surface area contributed by atoms with Crippen LogP contribution < -0.4 is 10.1 Å². The summed E-state index contributed by atoms with van der Waals surface area (Å²) in [5.74, 6) is 1.29. The summed E-state index contributed by atoms with van der Waals surface area (Å²) in [6, 6.07) is 8.98. The van der Waals surface area contributed by atoms with E-state index in [0.717, 1.165) is 28.8 Å². The largest absolute Gasteiger partial charge is 0.497 e. The first kappa shape index (κ1) is 19.0. The predicted octanol–water partition coefficient (Wildman–Crippen LogP) is 3.76. The highest BCUT2D eigenvalue weighted by molar-refractivity contribution is 7.99. The zero-order valence-corrected chi connectivity index (χ0v) is 16.3. The summed E-state index contributed by atoms with van der Waals surface area (Å²) in [6.45, 7) is 6.05. The molecule has 0 aliphatic heterocycles. The molecule has 0 saturated heterocycles. The Morgan fingerprint density at radius 2 is 1.96 bits per heavy atom. The molecule has 0 spiro atoms. The third-order valence-corrected chi connectivity index (χ3v) is 4.43. The number of nitrogens with zero attached hydrogens (tertiary/aromatic N) is 3. The van der Waals surface area contributed by atoms with Gasteiger partial charge >= 0.3 is 0 Å². The van der Waals surface area contributed by atoms with Crippen molar-refractivity contribution in [2.24, 2.45) is 0 Å². The number of amides is 1. The van der Waals surface area contributed by atoms with E-state index in [4.69, 9.17) is 13.7 Å². The molecule has 8 nitrogen and oxygen atoms in total. The molecule has 0 aliphatic rings. The summed E-state index contributed by atoms with van der Waals surface area (Å²) in [5.41, 5.74) is 1.39. The van der Waals surface area contributed by atoms with Crippen molar-refractivity contribution >= 4 is 23.6 Å². The number of benzene rings is 1. The molecule has 0 bridgehead atoms. The second-order valence-electron chi connectivity index (χ2n) is 6.76. The van der Waals surface area contributed by atoms with Crippen LogP contribution in [0.1, 0.15) is 26.5 Å². The molecule has 2 heterocycles. The maximum atomic E-state index is 12.1. The van der Waals surface area contributed by atoms with E-state index in [0.29, 0.717) is 17.0 Å². The Bertz CT molecular complexity index is 912. The molecule has 3 rings (SSSR count). The minimum Gasteiger partial charge on any atom is -0.497 e. The number of hydrogen-bond acceptors (Lipinski definition) is 8. The standard InChI is InChI=1S/C18H20N4O4S/c1-18(2,3)13-9-15(26-22-13)19-14(23)10-27-17-21-20-16(25-17)11-5-7-12(24-4)8-6-11/h5-9H,10H2,1-4H3,(H,19,23). The van der Waals surface area contributed by atoms with Gasteiger partial charge in [0.15, 0.2) is 0 Å². The van der Waals surface area contributed by atoms with Gasteiger partial charge < -0.3 is 13.7 Å². The van der Waals surface area contributed by atoms with Gasteiger partial charge in [0.1, 0.15) is 5.75 Å². The Morgan fingerprint density at radius 3 is 2.59 bits per heavy atom. The van der Waals surface area contributed by atoms with Crippen LogP contribution in [0.4, 0.5) is 5.88 Å². The lowest BCUT2D eigenvalue weighted by molar-refractivity contribution is -0.113. The molecule has 2 aromatic heterocycles. The molecule has 0 unspecified atom stereocenters. The van der Waals surface area contributed by atoms with Crippen LogP contribution in [-0.2, 0) is 10.2 Å². The fourth-order valence-electron chi connectivity index (χ4n) is 2.11. The minimum absolute atomic E-state index is 0.107. The van der Waals surface area contributed by atoms with Crippen molar-refractivity contribution in [3.05, 3.63) is 36.0 Å². The first-order valence-electron chi connectivity index (χ1n) is 8.23. The molecule has 1 N–H and O–H groups in total. The monoisotopic (exact) mass is 388 g/mol. The molecular weight excluding hydrogens is 368 g/mol. The number of ether oxygens (including phenoxy) is 1. The molecule has 0 radical (unpaired) electrons.